The summed E-state index contributed by atoms with van der Waals surface area (Å²) in [5, 5.41) is 0. The number of hydrogen-bond acceptors (Lipinski definition) is 1. The predicted octanol–water partition coefficient (Wildman–Crippen LogP) is 10.3. The molecule has 0 atom stereocenters. The lowest BCUT2D eigenvalue weighted by molar-refractivity contribution is 0.497. The summed E-state index contributed by atoms with van der Waals surface area (Å²) in [5.41, 5.74) is 7.38. The Morgan fingerprint density at radius 3 is 2.26 bits per heavy atom. The summed E-state index contributed by atoms with van der Waals surface area (Å²) in [5.74, 6) is 0.232. The van der Waals surface area contributed by atoms with E-state index >= 15 is 0 Å². The summed E-state index contributed by atoms with van der Waals surface area (Å²) in [6, 6.07) is 5.34. The van der Waals surface area contributed by atoms with Crippen molar-refractivity contribution in [3.63, 3.8) is 0 Å². The molecule has 0 bridgehead atoms. The molecule has 186 valence electrons. The van der Waals surface area contributed by atoms with Crippen molar-refractivity contribution < 1.29 is 4.39 Å². The zero-order valence-electron chi connectivity index (χ0n) is 22.8. The van der Waals surface area contributed by atoms with Crippen LogP contribution in [0.3, 0.4) is 0 Å². The van der Waals surface area contributed by atoms with Gasteiger partial charge >= 0.3 is 0 Å². The highest BCUT2D eigenvalue weighted by molar-refractivity contribution is 5.75. The SMILES string of the molecule is C=C1C=CC(C(/C=C\CC)=C(/C)c2ccc(F)c(C)c2)=CN1/C(=C\CCC)C(C)C.CCCC. The number of allylic oxidation sites excluding steroid dienone is 9. The fourth-order valence-electron chi connectivity index (χ4n) is 3.54. The van der Waals surface area contributed by atoms with E-state index in [0.717, 1.165) is 47.2 Å². The largest absolute Gasteiger partial charge is 0.321 e. The van der Waals surface area contributed by atoms with Gasteiger partial charge in [0.1, 0.15) is 5.82 Å². The molecule has 1 aliphatic heterocycles. The van der Waals surface area contributed by atoms with Gasteiger partial charge < -0.3 is 4.90 Å². The molecule has 0 unspecified atom stereocenters. The fraction of sp³-hybridized carbons (Fsp3) is 0.438. The highest BCUT2D eigenvalue weighted by Crippen LogP contribution is 2.33. The van der Waals surface area contributed by atoms with E-state index in [1.807, 2.05) is 19.1 Å². The van der Waals surface area contributed by atoms with Crippen molar-refractivity contribution in [3.05, 3.63) is 101 Å². The lowest BCUT2D eigenvalue weighted by atomic mass is 9.92. The summed E-state index contributed by atoms with van der Waals surface area (Å²) >= 11 is 0. The number of nitrogens with zero attached hydrogens (tertiary/aromatic N) is 1. The first-order valence-corrected chi connectivity index (χ1v) is 12.9. The smallest absolute Gasteiger partial charge is 0.126 e. The lowest BCUT2D eigenvalue weighted by Gasteiger charge is -2.31. The van der Waals surface area contributed by atoms with Crippen LogP contribution in [0.2, 0.25) is 0 Å². The van der Waals surface area contributed by atoms with E-state index in [9.17, 15) is 4.39 Å². The highest BCUT2D eigenvalue weighted by atomic mass is 19.1. The molecule has 0 fully saturated rings. The molecule has 0 N–H and O–H groups in total. The summed E-state index contributed by atoms with van der Waals surface area (Å²) in [4.78, 5) is 2.22. The van der Waals surface area contributed by atoms with Crippen LogP contribution in [0.4, 0.5) is 4.39 Å². The van der Waals surface area contributed by atoms with Crippen molar-refractivity contribution >= 4 is 5.57 Å². The van der Waals surface area contributed by atoms with Gasteiger partial charge in [0.2, 0.25) is 0 Å². The van der Waals surface area contributed by atoms with E-state index in [1.54, 1.807) is 6.07 Å². The third kappa shape index (κ3) is 8.63. The van der Waals surface area contributed by atoms with Crippen LogP contribution in [0, 0.1) is 18.7 Å². The van der Waals surface area contributed by atoms with Crippen molar-refractivity contribution in [2.24, 2.45) is 5.92 Å². The summed E-state index contributed by atoms with van der Waals surface area (Å²) < 4.78 is 13.8. The standard InChI is InChI=1S/C28H36FN.C4H10/c1-8-10-12-26(23(7)24-16-17-27(29)21(5)18-24)25-15-14-22(6)30(19-25)28(20(3)4)13-11-9-2;1-3-4-2/h10,12-20H,6,8-9,11H2,1-5,7H3;3-4H2,1-2H3/b12-10-,26-23-,28-13-;. The van der Waals surface area contributed by atoms with E-state index in [1.165, 1.54) is 18.5 Å². The molecular formula is C32H46FN. The van der Waals surface area contributed by atoms with Crippen LogP contribution in [0.5, 0.6) is 0 Å². The number of rotatable bonds is 9. The van der Waals surface area contributed by atoms with Crippen LogP contribution in [-0.2, 0) is 0 Å². The maximum absolute atomic E-state index is 13.8. The van der Waals surface area contributed by atoms with Gasteiger partial charge in [-0.15, -0.1) is 0 Å². The number of halogens is 1. The van der Waals surface area contributed by atoms with Gasteiger partial charge in [-0.05, 0) is 78.7 Å². The average Bonchev–Trinajstić information content (AvgIpc) is 2.82. The third-order valence-corrected chi connectivity index (χ3v) is 5.87. The van der Waals surface area contributed by atoms with Gasteiger partial charge in [0.15, 0.2) is 0 Å². The van der Waals surface area contributed by atoms with Crippen LogP contribution >= 0.6 is 0 Å². The molecule has 0 amide bonds. The highest BCUT2D eigenvalue weighted by Gasteiger charge is 2.18. The molecule has 0 aromatic heterocycles. The molecule has 0 saturated heterocycles. The number of hydrogen-bond donors (Lipinski definition) is 0. The van der Waals surface area contributed by atoms with Crippen molar-refractivity contribution in [1.82, 2.24) is 4.90 Å². The van der Waals surface area contributed by atoms with E-state index < -0.39 is 0 Å². The maximum Gasteiger partial charge on any atom is 0.126 e. The molecule has 2 heteroatoms. The molecule has 34 heavy (non-hydrogen) atoms. The zero-order chi connectivity index (χ0) is 25.7. The van der Waals surface area contributed by atoms with Gasteiger partial charge in [0.25, 0.3) is 0 Å². The second-order valence-electron chi connectivity index (χ2n) is 9.16. The Morgan fingerprint density at radius 2 is 1.74 bits per heavy atom. The molecular weight excluding hydrogens is 417 g/mol. The Kier molecular flexibility index (Phi) is 13.3. The molecule has 0 aliphatic carbocycles. The van der Waals surface area contributed by atoms with Gasteiger partial charge in [-0.3, -0.25) is 0 Å². The maximum atomic E-state index is 13.8. The number of unbranched alkanes of at least 4 members (excludes halogenated alkanes) is 2. The first-order valence-electron chi connectivity index (χ1n) is 12.9. The minimum Gasteiger partial charge on any atom is -0.321 e. The van der Waals surface area contributed by atoms with Crippen LogP contribution in [0.25, 0.3) is 5.57 Å². The molecule has 1 aliphatic rings. The van der Waals surface area contributed by atoms with Crippen molar-refractivity contribution in [1.29, 1.82) is 0 Å². The Hall–Kier alpha value is -2.61. The quantitative estimate of drug-likeness (QED) is 0.329. The van der Waals surface area contributed by atoms with Gasteiger partial charge in [0, 0.05) is 17.6 Å². The number of aryl methyl sites for hydroxylation is 1. The first-order chi connectivity index (χ1) is 16.2. The Morgan fingerprint density at radius 1 is 1.06 bits per heavy atom. The van der Waals surface area contributed by atoms with E-state index in [-0.39, 0.29) is 5.82 Å². The molecule has 1 nitrogen and oxygen atoms in total. The Bertz CT molecular complexity index is 951. The fourth-order valence-corrected chi connectivity index (χ4v) is 3.54. The van der Waals surface area contributed by atoms with Crippen molar-refractivity contribution in [2.45, 2.75) is 87.5 Å². The van der Waals surface area contributed by atoms with Crippen LogP contribution in [0.1, 0.15) is 91.7 Å². The monoisotopic (exact) mass is 463 g/mol. The van der Waals surface area contributed by atoms with Crippen molar-refractivity contribution in [3.8, 4) is 0 Å². The Labute approximate surface area is 209 Å². The van der Waals surface area contributed by atoms with Crippen LogP contribution in [-0.4, -0.2) is 4.90 Å². The minimum absolute atomic E-state index is 0.168. The third-order valence-electron chi connectivity index (χ3n) is 5.87. The Balaban J connectivity index is 0.00000133. The summed E-state index contributed by atoms with van der Waals surface area (Å²) in [6.45, 7) is 21.3. The zero-order valence-corrected chi connectivity index (χ0v) is 22.8. The first kappa shape index (κ1) is 29.4. The average molecular weight is 464 g/mol. The molecule has 0 spiro atoms. The predicted molar refractivity (Wildman–Crippen MR) is 150 cm³/mol. The van der Waals surface area contributed by atoms with Gasteiger partial charge in [-0.2, -0.15) is 0 Å². The minimum atomic E-state index is -0.168. The molecule has 2 rings (SSSR count). The number of benzene rings is 1. The van der Waals surface area contributed by atoms with Gasteiger partial charge in [-0.1, -0.05) is 97.8 Å². The second kappa shape index (κ2) is 15.3. The molecule has 1 aromatic rings. The van der Waals surface area contributed by atoms with E-state index in [2.05, 4.69) is 96.5 Å². The van der Waals surface area contributed by atoms with Crippen LogP contribution < -0.4 is 0 Å². The van der Waals surface area contributed by atoms with Crippen molar-refractivity contribution in [2.75, 3.05) is 0 Å². The molecule has 0 saturated carbocycles. The normalized spacial score (nSPS) is 14.9. The topological polar surface area (TPSA) is 3.24 Å². The summed E-state index contributed by atoms with van der Waals surface area (Å²) in [7, 11) is 0. The molecule has 1 heterocycles. The second-order valence-corrected chi connectivity index (χ2v) is 9.16. The molecule has 1 aromatic carbocycles. The lowest BCUT2D eigenvalue weighted by Crippen LogP contribution is -2.21. The van der Waals surface area contributed by atoms with Crippen LogP contribution in [0.15, 0.2) is 83.9 Å². The van der Waals surface area contributed by atoms with Gasteiger partial charge in [0.05, 0.1) is 0 Å². The van der Waals surface area contributed by atoms with E-state index in [0.29, 0.717) is 11.5 Å². The van der Waals surface area contributed by atoms with E-state index in [4.69, 9.17) is 0 Å². The van der Waals surface area contributed by atoms with Gasteiger partial charge in [-0.25, -0.2) is 4.39 Å². The summed E-state index contributed by atoms with van der Waals surface area (Å²) in [6.07, 6.45) is 18.9. The molecule has 0 radical (unpaired) electrons.